The van der Waals surface area contributed by atoms with E-state index in [2.05, 4.69) is 27.7 Å². The van der Waals surface area contributed by atoms with Crippen LogP contribution in [0.4, 0.5) is 0 Å². The van der Waals surface area contributed by atoms with Gasteiger partial charge >= 0.3 is 17.9 Å². The molecule has 1 N–H and O–H groups in total. The molecule has 7 heteroatoms. The Morgan fingerprint density at radius 2 is 0.891 bits per heavy atom. The summed E-state index contributed by atoms with van der Waals surface area (Å²) in [6.07, 6.45) is 33.2. The Hall–Kier alpha value is -1.63. The van der Waals surface area contributed by atoms with E-state index >= 15 is 0 Å². The maximum absolute atomic E-state index is 14.1. The smallest absolute Gasteiger partial charge is 0.310 e. The van der Waals surface area contributed by atoms with Gasteiger partial charge in [0.25, 0.3) is 0 Å². The van der Waals surface area contributed by atoms with Crippen molar-refractivity contribution in [2.45, 2.75) is 246 Å². The highest BCUT2D eigenvalue weighted by Gasteiger charge is 2.50. The molecule has 0 saturated carbocycles. The first-order valence-corrected chi connectivity index (χ1v) is 23.8. The van der Waals surface area contributed by atoms with E-state index in [1.165, 1.54) is 103 Å². The van der Waals surface area contributed by atoms with E-state index in [0.29, 0.717) is 19.3 Å². The van der Waals surface area contributed by atoms with Crippen LogP contribution in [0.1, 0.15) is 240 Å². The molecule has 0 aliphatic rings. The molecule has 0 saturated heterocycles. The monoisotopic (exact) mass is 780 g/mol. The molecule has 0 radical (unpaired) electrons. The van der Waals surface area contributed by atoms with Crippen molar-refractivity contribution < 1.29 is 29.0 Å². The van der Waals surface area contributed by atoms with E-state index in [9.17, 15) is 19.5 Å². The molecule has 0 aromatic rings. The van der Waals surface area contributed by atoms with E-state index in [4.69, 9.17) is 9.47 Å². The van der Waals surface area contributed by atoms with E-state index in [1.807, 2.05) is 19.0 Å². The summed E-state index contributed by atoms with van der Waals surface area (Å²) in [6.45, 7) is 11.5. The molecule has 0 aliphatic carbocycles. The fraction of sp³-hybridized carbons (Fsp3) is 0.938. The average Bonchev–Trinajstić information content (AvgIpc) is 3.15. The van der Waals surface area contributed by atoms with Gasteiger partial charge < -0.3 is 19.5 Å². The second-order valence-corrected chi connectivity index (χ2v) is 17.4. The Morgan fingerprint density at radius 1 is 0.527 bits per heavy atom. The molecule has 55 heavy (non-hydrogen) atoms. The van der Waals surface area contributed by atoms with Crippen LogP contribution >= 0.6 is 0 Å². The van der Waals surface area contributed by atoms with Crippen molar-refractivity contribution in [2.24, 2.45) is 17.3 Å². The lowest BCUT2D eigenvalue weighted by Gasteiger charge is -2.44. The summed E-state index contributed by atoms with van der Waals surface area (Å²) in [4.78, 5) is 42.0. The normalized spacial score (nSPS) is 12.5. The van der Waals surface area contributed by atoms with Crippen molar-refractivity contribution in [1.29, 1.82) is 0 Å². The Morgan fingerprint density at radius 3 is 1.24 bits per heavy atom. The second kappa shape index (κ2) is 36.7. The quantitative estimate of drug-likeness (QED) is 0.0488. The number of carbonyl (C=O) groups excluding carboxylic acids is 2. The van der Waals surface area contributed by atoms with Gasteiger partial charge in [-0.3, -0.25) is 14.4 Å². The van der Waals surface area contributed by atoms with E-state index in [1.54, 1.807) is 6.92 Å². The molecule has 0 aromatic carbocycles. The number of hydrogen-bond donors (Lipinski definition) is 1. The number of carboxylic acid groups (broad SMARTS) is 1. The molecule has 0 aliphatic heterocycles. The molecule has 0 amide bonds. The molecule has 1 unspecified atom stereocenters. The molecule has 0 bridgehead atoms. The molecule has 0 heterocycles. The Labute approximate surface area is 341 Å². The first kappa shape index (κ1) is 53.4. The zero-order chi connectivity index (χ0) is 41.0. The fourth-order valence-corrected chi connectivity index (χ4v) is 8.65. The van der Waals surface area contributed by atoms with Crippen LogP contribution in [0.25, 0.3) is 0 Å². The number of carboxylic acids is 1. The summed E-state index contributed by atoms with van der Waals surface area (Å²) in [6, 6.07) is 0. The molecule has 7 nitrogen and oxygen atoms in total. The summed E-state index contributed by atoms with van der Waals surface area (Å²) in [5.41, 5.74) is -0.955. The van der Waals surface area contributed by atoms with Gasteiger partial charge in [0.05, 0.1) is 5.41 Å². The van der Waals surface area contributed by atoms with Gasteiger partial charge in [0.2, 0.25) is 0 Å². The molecule has 326 valence electrons. The summed E-state index contributed by atoms with van der Waals surface area (Å²) in [7, 11) is 3.95. The van der Waals surface area contributed by atoms with Gasteiger partial charge in [-0.05, 0) is 77.9 Å². The van der Waals surface area contributed by atoms with E-state index < -0.39 is 17.5 Å². The lowest BCUT2D eigenvalue weighted by atomic mass is 9.58. The van der Waals surface area contributed by atoms with Crippen LogP contribution in [-0.4, -0.2) is 61.3 Å². The molecule has 0 spiro atoms. The third kappa shape index (κ3) is 27.6. The van der Waals surface area contributed by atoms with Gasteiger partial charge in [-0.1, -0.05) is 182 Å². The van der Waals surface area contributed by atoms with Gasteiger partial charge in [-0.15, -0.1) is 0 Å². The molecule has 0 aromatic heterocycles. The summed E-state index contributed by atoms with van der Waals surface area (Å²) in [5, 5.41) is 11.6. The van der Waals surface area contributed by atoms with Gasteiger partial charge in [0, 0.05) is 12.8 Å². The average molecular weight is 780 g/mol. The van der Waals surface area contributed by atoms with Crippen LogP contribution in [-0.2, 0) is 23.9 Å². The first-order chi connectivity index (χ1) is 26.6. The molecule has 0 rings (SSSR count). The molecule has 1 atom stereocenters. The zero-order valence-corrected chi connectivity index (χ0v) is 37.7. The van der Waals surface area contributed by atoms with Crippen LogP contribution < -0.4 is 0 Å². The lowest BCUT2D eigenvalue weighted by molar-refractivity contribution is -0.164. The number of esters is 2. The van der Waals surface area contributed by atoms with Gasteiger partial charge in [0.1, 0.15) is 12.7 Å². The topological polar surface area (TPSA) is 93.1 Å². The number of rotatable bonds is 41. The summed E-state index contributed by atoms with van der Waals surface area (Å²) >= 11 is 0. The SMILES string of the molecule is CCCCCCCCC(CCCCCCCC)C(CCC(=O)OCC(C)OC(=O)CCCN(C)C)(C(=O)O)C(CCCCCCCC)CCCCCCCC. The fourth-order valence-electron chi connectivity index (χ4n) is 8.65. The Kier molecular flexibility index (Phi) is 35.6. The molecular formula is C48H93NO6. The van der Waals surface area contributed by atoms with Gasteiger partial charge in [0.15, 0.2) is 0 Å². The van der Waals surface area contributed by atoms with Gasteiger partial charge in [-0.25, -0.2) is 0 Å². The number of ether oxygens (including phenoxy) is 2. The molecular weight excluding hydrogens is 687 g/mol. The summed E-state index contributed by atoms with van der Waals surface area (Å²) in [5.74, 6) is -1.26. The van der Waals surface area contributed by atoms with Crippen molar-refractivity contribution in [2.75, 3.05) is 27.2 Å². The standard InChI is InChI=1S/C48H93NO6/c1-8-12-16-20-24-28-33-43(34-29-25-21-17-13-9-2)48(47(52)53,39-38-45(50)54-41-42(5)55-46(51)37-32-40-49(6)7)44(35-30-26-22-18-14-10-3)36-31-27-23-19-15-11-4/h42-44H,8-41H2,1-7H3,(H,52,53). The Balaban J connectivity index is 6.33. The third-order valence-electron chi connectivity index (χ3n) is 12.0. The number of nitrogens with zero attached hydrogens (tertiary/aromatic N) is 1. The van der Waals surface area contributed by atoms with E-state index in [0.717, 1.165) is 83.6 Å². The number of carbonyl (C=O) groups is 3. The van der Waals surface area contributed by atoms with Crippen molar-refractivity contribution in [3.8, 4) is 0 Å². The maximum Gasteiger partial charge on any atom is 0.310 e. The largest absolute Gasteiger partial charge is 0.481 e. The van der Waals surface area contributed by atoms with Crippen LogP contribution in [0.15, 0.2) is 0 Å². The van der Waals surface area contributed by atoms with Crippen LogP contribution in [0.2, 0.25) is 0 Å². The third-order valence-corrected chi connectivity index (χ3v) is 12.0. The zero-order valence-electron chi connectivity index (χ0n) is 37.7. The van der Waals surface area contributed by atoms with E-state index in [-0.39, 0.29) is 36.8 Å². The minimum Gasteiger partial charge on any atom is -0.481 e. The first-order valence-electron chi connectivity index (χ1n) is 23.8. The van der Waals surface area contributed by atoms with Crippen molar-refractivity contribution >= 4 is 17.9 Å². The number of unbranched alkanes of at least 4 members (excludes halogenated alkanes) is 20. The maximum atomic E-state index is 14.1. The summed E-state index contributed by atoms with van der Waals surface area (Å²) < 4.78 is 11.2. The highest BCUT2D eigenvalue weighted by molar-refractivity contribution is 5.77. The van der Waals surface area contributed by atoms with Crippen LogP contribution in [0.3, 0.4) is 0 Å². The Bertz CT molecular complexity index is 839. The van der Waals surface area contributed by atoms with Crippen molar-refractivity contribution in [3.63, 3.8) is 0 Å². The van der Waals surface area contributed by atoms with Crippen LogP contribution in [0.5, 0.6) is 0 Å². The number of aliphatic carboxylic acids is 1. The highest BCUT2D eigenvalue weighted by Crippen LogP contribution is 2.50. The highest BCUT2D eigenvalue weighted by atomic mass is 16.6. The predicted molar refractivity (Wildman–Crippen MR) is 233 cm³/mol. The number of hydrogen-bond acceptors (Lipinski definition) is 6. The molecule has 0 fully saturated rings. The second-order valence-electron chi connectivity index (χ2n) is 17.4. The minimum atomic E-state index is -0.955. The van der Waals surface area contributed by atoms with Crippen molar-refractivity contribution in [3.05, 3.63) is 0 Å². The van der Waals surface area contributed by atoms with Crippen LogP contribution in [0, 0.1) is 17.3 Å². The van der Waals surface area contributed by atoms with Gasteiger partial charge in [-0.2, -0.15) is 0 Å². The predicted octanol–water partition coefficient (Wildman–Crippen LogP) is 13.9. The van der Waals surface area contributed by atoms with Crippen molar-refractivity contribution in [1.82, 2.24) is 4.90 Å². The minimum absolute atomic E-state index is 0.00375. The lowest BCUT2D eigenvalue weighted by Crippen LogP contribution is -2.46.